The molecule has 1 saturated carbocycles. The van der Waals surface area contributed by atoms with Gasteiger partial charge in [-0.1, -0.05) is 32.1 Å². The van der Waals surface area contributed by atoms with Crippen molar-refractivity contribution < 1.29 is 9.21 Å². The van der Waals surface area contributed by atoms with Crippen molar-refractivity contribution in [3.63, 3.8) is 0 Å². The highest BCUT2D eigenvalue weighted by molar-refractivity contribution is 5.75. The molecule has 0 aromatic carbocycles. The standard InChI is InChI=1S/C19H24N2O2/c22-19(9-8-15-5-2-1-3-6-15)21-13-16-11-17(14-20-12-16)18-7-4-10-23-18/h4,7,10-12,14-15H,1-3,5-6,8-9,13H2,(H,21,22). The van der Waals surface area contributed by atoms with Gasteiger partial charge in [0.05, 0.1) is 6.26 Å². The lowest BCUT2D eigenvalue weighted by Crippen LogP contribution is -2.23. The Kier molecular flexibility index (Phi) is 5.46. The number of rotatable bonds is 6. The first kappa shape index (κ1) is 15.8. The lowest BCUT2D eigenvalue weighted by atomic mass is 9.86. The van der Waals surface area contributed by atoms with Crippen LogP contribution in [0.25, 0.3) is 11.3 Å². The molecule has 0 bridgehead atoms. The van der Waals surface area contributed by atoms with Crippen LogP contribution in [0.4, 0.5) is 0 Å². The summed E-state index contributed by atoms with van der Waals surface area (Å²) in [6.45, 7) is 0.519. The van der Waals surface area contributed by atoms with Crippen LogP contribution in [0.2, 0.25) is 0 Å². The van der Waals surface area contributed by atoms with Crippen LogP contribution in [-0.2, 0) is 11.3 Å². The third-order valence-corrected chi connectivity index (χ3v) is 4.59. The predicted octanol–water partition coefficient (Wildman–Crippen LogP) is 4.32. The summed E-state index contributed by atoms with van der Waals surface area (Å²) >= 11 is 0. The Morgan fingerprint density at radius 3 is 2.91 bits per heavy atom. The highest BCUT2D eigenvalue weighted by Gasteiger charge is 2.14. The van der Waals surface area contributed by atoms with E-state index in [1.54, 1.807) is 18.7 Å². The SMILES string of the molecule is O=C(CCC1CCCCC1)NCc1cncc(-c2ccco2)c1. The van der Waals surface area contributed by atoms with Gasteiger partial charge in [-0.25, -0.2) is 0 Å². The van der Waals surface area contributed by atoms with Gasteiger partial charge < -0.3 is 9.73 Å². The largest absolute Gasteiger partial charge is 0.464 e. The molecule has 0 aliphatic heterocycles. The number of hydrogen-bond acceptors (Lipinski definition) is 3. The van der Waals surface area contributed by atoms with Crippen LogP contribution in [-0.4, -0.2) is 10.9 Å². The smallest absolute Gasteiger partial charge is 0.220 e. The molecular weight excluding hydrogens is 288 g/mol. The zero-order valence-electron chi connectivity index (χ0n) is 13.5. The van der Waals surface area contributed by atoms with E-state index in [0.717, 1.165) is 29.2 Å². The lowest BCUT2D eigenvalue weighted by molar-refractivity contribution is -0.121. The molecule has 3 rings (SSSR count). The molecule has 2 aromatic heterocycles. The molecule has 23 heavy (non-hydrogen) atoms. The molecule has 1 aliphatic carbocycles. The van der Waals surface area contributed by atoms with Gasteiger partial charge >= 0.3 is 0 Å². The van der Waals surface area contributed by atoms with Gasteiger partial charge in [0.2, 0.25) is 5.91 Å². The van der Waals surface area contributed by atoms with Crippen LogP contribution in [0.5, 0.6) is 0 Å². The number of hydrogen-bond donors (Lipinski definition) is 1. The van der Waals surface area contributed by atoms with Gasteiger partial charge in [0.25, 0.3) is 0 Å². The maximum Gasteiger partial charge on any atom is 0.220 e. The van der Waals surface area contributed by atoms with E-state index >= 15 is 0 Å². The summed E-state index contributed by atoms with van der Waals surface area (Å²) in [4.78, 5) is 16.2. The summed E-state index contributed by atoms with van der Waals surface area (Å²) in [6, 6.07) is 5.77. The number of aromatic nitrogens is 1. The summed E-state index contributed by atoms with van der Waals surface area (Å²) in [7, 11) is 0. The summed E-state index contributed by atoms with van der Waals surface area (Å²) in [5.74, 6) is 1.68. The Labute approximate surface area is 137 Å². The molecule has 1 fully saturated rings. The quantitative estimate of drug-likeness (QED) is 0.864. The number of nitrogens with one attached hydrogen (secondary N) is 1. The highest BCUT2D eigenvalue weighted by Crippen LogP contribution is 2.27. The van der Waals surface area contributed by atoms with E-state index in [0.29, 0.717) is 13.0 Å². The number of pyridine rings is 1. The van der Waals surface area contributed by atoms with E-state index in [1.807, 2.05) is 18.2 Å². The molecule has 2 aromatic rings. The minimum Gasteiger partial charge on any atom is -0.464 e. The van der Waals surface area contributed by atoms with Crippen molar-refractivity contribution in [3.05, 3.63) is 42.4 Å². The zero-order chi connectivity index (χ0) is 15.9. The van der Waals surface area contributed by atoms with Gasteiger partial charge in [0.1, 0.15) is 5.76 Å². The van der Waals surface area contributed by atoms with E-state index in [2.05, 4.69) is 10.3 Å². The van der Waals surface area contributed by atoms with Gasteiger partial charge in [-0.2, -0.15) is 0 Å². The van der Waals surface area contributed by atoms with Crippen molar-refractivity contribution in [2.75, 3.05) is 0 Å². The molecular formula is C19H24N2O2. The third kappa shape index (κ3) is 4.68. The molecule has 0 spiro atoms. The Hall–Kier alpha value is -2.10. The first-order valence-electron chi connectivity index (χ1n) is 8.56. The van der Waals surface area contributed by atoms with Crippen molar-refractivity contribution in [3.8, 4) is 11.3 Å². The van der Waals surface area contributed by atoms with E-state index in [1.165, 1.54) is 32.1 Å². The van der Waals surface area contributed by atoms with Crippen LogP contribution in [0.1, 0.15) is 50.5 Å². The van der Waals surface area contributed by atoms with Gasteiger partial charge in [0, 0.05) is 30.9 Å². The Morgan fingerprint density at radius 2 is 2.13 bits per heavy atom. The maximum absolute atomic E-state index is 12.0. The van der Waals surface area contributed by atoms with E-state index in [4.69, 9.17) is 4.42 Å². The molecule has 1 N–H and O–H groups in total. The van der Waals surface area contributed by atoms with Crippen LogP contribution in [0.15, 0.2) is 41.3 Å². The first-order chi connectivity index (χ1) is 11.3. The fourth-order valence-electron chi connectivity index (χ4n) is 3.26. The average molecular weight is 312 g/mol. The van der Waals surface area contributed by atoms with Crippen molar-refractivity contribution in [1.82, 2.24) is 10.3 Å². The molecule has 4 heteroatoms. The van der Waals surface area contributed by atoms with Gasteiger partial charge in [-0.15, -0.1) is 0 Å². The highest BCUT2D eigenvalue weighted by atomic mass is 16.3. The summed E-state index contributed by atoms with van der Waals surface area (Å²) in [6.07, 6.45) is 13.5. The van der Waals surface area contributed by atoms with Crippen molar-refractivity contribution in [1.29, 1.82) is 0 Å². The molecule has 2 heterocycles. The van der Waals surface area contributed by atoms with Gasteiger partial charge in [-0.3, -0.25) is 9.78 Å². The molecule has 4 nitrogen and oxygen atoms in total. The number of furan rings is 1. The summed E-state index contributed by atoms with van der Waals surface area (Å²) in [5.41, 5.74) is 1.92. The van der Waals surface area contributed by atoms with Crippen LogP contribution >= 0.6 is 0 Å². The van der Waals surface area contributed by atoms with Crippen LogP contribution < -0.4 is 5.32 Å². The predicted molar refractivity (Wildman–Crippen MR) is 89.6 cm³/mol. The van der Waals surface area contributed by atoms with Gasteiger partial charge in [0.15, 0.2) is 0 Å². The number of carbonyl (C=O) groups is 1. The van der Waals surface area contributed by atoms with Gasteiger partial charge in [-0.05, 0) is 36.1 Å². The Bertz CT molecular complexity index is 616. The number of carbonyl (C=O) groups excluding carboxylic acids is 1. The second-order valence-electron chi connectivity index (χ2n) is 6.38. The topological polar surface area (TPSA) is 55.1 Å². The molecule has 0 saturated heterocycles. The second-order valence-corrected chi connectivity index (χ2v) is 6.38. The minimum absolute atomic E-state index is 0.138. The van der Waals surface area contributed by atoms with Crippen molar-refractivity contribution in [2.24, 2.45) is 5.92 Å². The molecule has 122 valence electrons. The zero-order valence-corrected chi connectivity index (χ0v) is 13.5. The first-order valence-corrected chi connectivity index (χ1v) is 8.56. The number of nitrogens with zero attached hydrogens (tertiary/aromatic N) is 1. The minimum atomic E-state index is 0.138. The van der Waals surface area contributed by atoms with Crippen molar-refractivity contribution >= 4 is 5.91 Å². The fraction of sp³-hybridized carbons (Fsp3) is 0.474. The lowest BCUT2D eigenvalue weighted by Gasteiger charge is -2.20. The van der Waals surface area contributed by atoms with E-state index < -0.39 is 0 Å². The summed E-state index contributed by atoms with van der Waals surface area (Å²) in [5, 5.41) is 3.00. The summed E-state index contributed by atoms with van der Waals surface area (Å²) < 4.78 is 5.38. The second kappa shape index (κ2) is 7.95. The van der Waals surface area contributed by atoms with Crippen LogP contribution in [0.3, 0.4) is 0 Å². The normalized spacial score (nSPS) is 15.5. The number of amides is 1. The molecule has 0 atom stereocenters. The van der Waals surface area contributed by atoms with Crippen LogP contribution in [0, 0.1) is 5.92 Å². The van der Waals surface area contributed by atoms with Crippen molar-refractivity contribution in [2.45, 2.75) is 51.5 Å². The Balaban J connectivity index is 1.46. The average Bonchev–Trinajstić information content (AvgIpc) is 3.14. The fourth-order valence-corrected chi connectivity index (χ4v) is 3.26. The Morgan fingerprint density at radius 1 is 1.26 bits per heavy atom. The molecule has 0 radical (unpaired) electrons. The van der Waals surface area contributed by atoms with E-state index in [-0.39, 0.29) is 5.91 Å². The molecule has 1 aliphatic rings. The monoisotopic (exact) mass is 312 g/mol. The third-order valence-electron chi connectivity index (χ3n) is 4.59. The molecule has 1 amide bonds. The maximum atomic E-state index is 12.0. The molecule has 0 unspecified atom stereocenters. The van der Waals surface area contributed by atoms with E-state index in [9.17, 15) is 4.79 Å².